The lowest BCUT2D eigenvalue weighted by Gasteiger charge is -2.10. The van der Waals surface area contributed by atoms with Gasteiger partial charge >= 0.3 is 0 Å². The minimum atomic E-state index is 0.538. The molecule has 0 bridgehead atoms. The topological polar surface area (TPSA) is 73.1 Å². The molecule has 0 fully saturated rings. The van der Waals surface area contributed by atoms with Gasteiger partial charge in [0.1, 0.15) is 17.4 Å². The fraction of sp³-hybridized carbons (Fsp3) is 0.211. The summed E-state index contributed by atoms with van der Waals surface area (Å²) in [5.74, 6) is 1.30. The maximum atomic E-state index is 5.93. The molecule has 0 saturated heterocycles. The summed E-state index contributed by atoms with van der Waals surface area (Å²) in [4.78, 5) is 13.0. The summed E-state index contributed by atoms with van der Waals surface area (Å²) in [6.45, 7) is 3.25. The third-order valence-electron chi connectivity index (χ3n) is 3.90. The molecule has 0 aliphatic carbocycles. The van der Waals surface area contributed by atoms with Gasteiger partial charge in [0.15, 0.2) is 11.4 Å². The average molecular weight is 334 g/mol. The van der Waals surface area contributed by atoms with Crippen LogP contribution in [0.4, 0.5) is 5.82 Å². The number of hydrogen-bond acceptors (Lipinski definition) is 6. The minimum absolute atomic E-state index is 0.538. The van der Waals surface area contributed by atoms with Crippen LogP contribution in [0.5, 0.6) is 5.88 Å². The van der Waals surface area contributed by atoms with E-state index in [0.29, 0.717) is 30.4 Å². The minimum Gasteiger partial charge on any atom is -0.477 e. The molecule has 0 unspecified atom stereocenters. The van der Waals surface area contributed by atoms with Gasteiger partial charge in [0, 0.05) is 23.7 Å². The number of ether oxygens (including phenoxy) is 1. The molecule has 0 radical (unpaired) electrons. The first-order valence-corrected chi connectivity index (χ1v) is 8.29. The second-order valence-corrected chi connectivity index (χ2v) is 5.67. The molecular formula is C19H18N4O2. The van der Waals surface area contributed by atoms with E-state index in [1.54, 1.807) is 12.5 Å². The van der Waals surface area contributed by atoms with Crippen LogP contribution >= 0.6 is 0 Å². The zero-order valence-corrected chi connectivity index (χ0v) is 13.9. The summed E-state index contributed by atoms with van der Waals surface area (Å²) in [5.41, 5.74) is 3.23. The summed E-state index contributed by atoms with van der Waals surface area (Å²) in [6.07, 6.45) is 4.22. The van der Waals surface area contributed by atoms with Crippen molar-refractivity contribution in [2.45, 2.75) is 19.9 Å². The molecule has 6 heteroatoms. The fourth-order valence-electron chi connectivity index (χ4n) is 2.72. The summed E-state index contributed by atoms with van der Waals surface area (Å²) in [5, 5.41) is 4.30. The molecule has 126 valence electrons. The van der Waals surface area contributed by atoms with E-state index in [4.69, 9.17) is 9.15 Å². The first-order valence-electron chi connectivity index (χ1n) is 8.29. The molecule has 1 aromatic carbocycles. The van der Waals surface area contributed by atoms with Gasteiger partial charge < -0.3 is 14.5 Å². The zero-order valence-electron chi connectivity index (χ0n) is 13.9. The van der Waals surface area contributed by atoms with Gasteiger partial charge in [0.2, 0.25) is 5.88 Å². The van der Waals surface area contributed by atoms with E-state index in [1.165, 1.54) is 0 Å². The summed E-state index contributed by atoms with van der Waals surface area (Å²) in [7, 11) is 0. The van der Waals surface area contributed by atoms with E-state index in [2.05, 4.69) is 27.2 Å². The highest BCUT2D eigenvalue weighted by atomic mass is 16.5. The first kappa shape index (κ1) is 15.4. The van der Waals surface area contributed by atoms with Gasteiger partial charge in [0.05, 0.1) is 6.61 Å². The number of nitrogens with one attached hydrogen (secondary N) is 1. The highest BCUT2D eigenvalue weighted by Crippen LogP contribution is 2.30. The van der Waals surface area contributed by atoms with Crippen LogP contribution in [-0.4, -0.2) is 21.6 Å². The number of para-hydroxylation sites is 1. The van der Waals surface area contributed by atoms with Crippen LogP contribution in [0, 0.1) is 0 Å². The fourth-order valence-corrected chi connectivity index (χ4v) is 2.72. The van der Waals surface area contributed by atoms with Crippen molar-refractivity contribution >= 4 is 27.9 Å². The van der Waals surface area contributed by atoms with Crippen LogP contribution in [0.1, 0.15) is 18.9 Å². The van der Waals surface area contributed by atoms with E-state index in [-0.39, 0.29) is 0 Å². The van der Waals surface area contributed by atoms with Crippen molar-refractivity contribution < 1.29 is 9.15 Å². The smallest absolute Gasteiger partial charge is 0.218 e. The standard InChI is InChI=1S/C19H18N4O2/c1-2-10-24-19-13(6-5-9-20-19)11-21-18-17-16(22-12-23-18)14-7-3-4-8-15(14)25-17/h3-9,12H,2,10-11H2,1H3,(H,21,22,23). The van der Waals surface area contributed by atoms with Gasteiger partial charge in [-0.1, -0.05) is 25.1 Å². The maximum Gasteiger partial charge on any atom is 0.218 e. The number of fused-ring (bicyclic) bond motifs is 3. The SMILES string of the molecule is CCCOc1ncccc1CNc1ncnc2c1oc1ccccc12. The molecule has 1 N–H and O–H groups in total. The number of furan rings is 1. The number of benzene rings is 1. The summed E-state index contributed by atoms with van der Waals surface area (Å²) in [6, 6.07) is 11.7. The Kier molecular flexibility index (Phi) is 4.16. The van der Waals surface area contributed by atoms with Crippen molar-refractivity contribution in [1.82, 2.24) is 15.0 Å². The average Bonchev–Trinajstić information content (AvgIpc) is 3.05. The molecule has 3 heterocycles. The monoisotopic (exact) mass is 334 g/mol. The molecule has 0 saturated carbocycles. The molecule has 0 atom stereocenters. The predicted molar refractivity (Wildman–Crippen MR) is 96.7 cm³/mol. The normalized spacial score (nSPS) is 11.1. The van der Waals surface area contributed by atoms with E-state index in [9.17, 15) is 0 Å². The summed E-state index contributed by atoms with van der Waals surface area (Å²) < 4.78 is 11.6. The van der Waals surface area contributed by atoms with Crippen molar-refractivity contribution in [1.29, 1.82) is 0 Å². The van der Waals surface area contributed by atoms with Crippen LogP contribution < -0.4 is 10.1 Å². The Bertz CT molecular complexity index is 1010. The van der Waals surface area contributed by atoms with Crippen LogP contribution in [-0.2, 0) is 6.54 Å². The molecular weight excluding hydrogens is 316 g/mol. The van der Waals surface area contributed by atoms with Gasteiger partial charge in [0.25, 0.3) is 0 Å². The highest BCUT2D eigenvalue weighted by molar-refractivity contribution is 6.05. The van der Waals surface area contributed by atoms with Gasteiger partial charge in [-0.05, 0) is 24.6 Å². The van der Waals surface area contributed by atoms with Crippen LogP contribution in [0.25, 0.3) is 22.1 Å². The van der Waals surface area contributed by atoms with Gasteiger partial charge in [-0.2, -0.15) is 0 Å². The van der Waals surface area contributed by atoms with Gasteiger partial charge in [-0.15, -0.1) is 0 Å². The van der Waals surface area contributed by atoms with Crippen LogP contribution in [0.3, 0.4) is 0 Å². The molecule has 3 aromatic heterocycles. The molecule has 0 spiro atoms. The molecule has 4 rings (SSSR count). The maximum absolute atomic E-state index is 5.93. The van der Waals surface area contributed by atoms with E-state index in [0.717, 1.165) is 28.5 Å². The number of nitrogens with zero attached hydrogens (tertiary/aromatic N) is 3. The van der Waals surface area contributed by atoms with Crippen molar-refractivity contribution in [2.24, 2.45) is 0 Å². The van der Waals surface area contributed by atoms with E-state index < -0.39 is 0 Å². The Morgan fingerprint density at radius 1 is 1.08 bits per heavy atom. The Labute approximate surface area is 144 Å². The Morgan fingerprint density at radius 3 is 2.92 bits per heavy atom. The molecule has 4 aromatic rings. The number of aromatic nitrogens is 3. The van der Waals surface area contributed by atoms with Gasteiger partial charge in [-0.25, -0.2) is 15.0 Å². The third-order valence-corrected chi connectivity index (χ3v) is 3.90. The molecule has 0 aliphatic heterocycles. The lowest BCUT2D eigenvalue weighted by Crippen LogP contribution is -2.06. The molecule has 6 nitrogen and oxygen atoms in total. The Balaban J connectivity index is 1.64. The van der Waals surface area contributed by atoms with E-state index in [1.807, 2.05) is 36.4 Å². The van der Waals surface area contributed by atoms with Gasteiger partial charge in [-0.3, -0.25) is 0 Å². The lowest BCUT2D eigenvalue weighted by atomic mass is 10.2. The number of anilines is 1. The largest absolute Gasteiger partial charge is 0.477 e. The molecule has 0 amide bonds. The Hall–Kier alpha value is -3.15. The molecule has 0 aliphatic rings. The van der Waals surface area contributed by atoms with Crippen LogP contribution in [0.15, 0.2) is 53.3 Å². The lowest BCUT2D eigenvalue weighted by molar-refractivity contribution is 0.302. The number of rotatable bonds is 6. The van der Waals surface area contributed by atoms with Crippen molar-refractivity contribution in [2.75, 3.05) is 11.9 Å². The van der Waals surface area contributed by atoms with Crippen molar-refractivity contribution in [3.63, 3.8) is 0 Å². The predicted octanol–water partition coefficient (Wildman–Crippen LogP) is 4.17. The van der Waals surface area contributed by atoms with Crippen LogP contribution in [0.2, 0.25) is 0 Å². The van der Waals surface area contributed by atoms with Crippen molar-refractivity contribution in [3.8, 4) is 5.88 Å². The highest BCUT2D eigenvalue weighted by Gasteiger charge is 2.13. The Morgan fingerprint density at radius 2 is 2.00 bits per heavy atom. The quantitative estimate of drug-likeness (QED) is 0.570. The molecule has 25 heavy (non-hydrogen) atoms. The second kappa shape index (κ2) is 6.76. The number of pyridine rings is 1. The summed E-state index contributed by atoms with van der Waals surface area (Å²) >= 11 is 0. The second-order valence-electron chi connectivity index (χ2n) is 5.67. The first-order chi connectivity index (χ1) is 12.4. The zero-order chi connectivity index (χ0) is 17.1. The third kappa shape index (κ3) is 2.98. The number of hydrogen-bond donors (Lipinski definition) is 1. The van der Waals surface area contributed by atoms with Crippen molar-refractivity contribution in [3.05, 3.63) is 54.5 Å². The van der Waals surface area contributed by atoms with E-state index >= 15 is 0 Å².